The van der Waals surface area contributed by atoms with E-state index in [1.807, 2.05) is 18.2 Å². The number of nitrogens with one attached hydrogen (secondary N) is 1. The Bertz CT molecular complexity index is 566. The Morgan fingerprint density at radius 1 is 1.17 bits per heavy atom. The Labute approximate surface area is 115 Å². The molecule has 2 aromatic carbocycles. The zero-order chi connectivity index (χ0) is 13.1. The molecule has 0 bridgehead atoms. The topological polar surface area (TPSA) is 12.0 Å². The number of aryl methyl sites for hydroxylation is 1. The van der Waals surface area contributed by atoms with E-state index in [0.29, 0.717) is 11.0 Å². The molecule has 18 heavy (non-hydrogen) atoms. The molecule has 1 nitrogen and oxygen atoms in total. The molecule has 0 fully saturated rings. The number of halogens is 2. The molecule has 2 rings (SSSR count). The van der Waals surface area contributed by atoms with Crippen LogP contribution in [0.1, 0.15) is 16.7 Å². The molecule has 1 N–H and O–H groups in total. The third-order valence-corrected chi connectivity index (χ3v) is 3.71. The lowest BCUT2D eigenvalue weighted by molar-refractivity contribution is 0.619. The summed E-state index contributed by atoms with van der Waals surface area (Å²) >= 11 is 3.15. The molecule has 0 spiro atoms. The van der Waals surface area contributed by atoms with Crippen LogP contribution in [0.4, 0.5) is 10.1 Å². The van der Waals surface area contributed by atoms with E-state index >= 15 is 0 Å². The first kappa shape index (κ1) is 13.1. The van der Waals surface area contributed by atoms with Crippen LogP contribution >= 0.6 is 15.9 Å². The lowest BCUT2D eigenvalue weighted by Crippen LogP contribution is -2.02. The van der Waals surface area contributed by atoms with E-state index in [-0.39, 0.29) is 5.82 Å². The smallest absolute Gasteiger partial charge is 0.137 e. The largest absolute Gasteiger partial charge is 0.381 e. The van der Waals surface area contributed by atoms with Gasteiger partial charge in [0.15, 0.2) is 0 Å². The molecule has 0 unspecified atom stereocenters. The first-order chi connectivity index (χ1) is 8.58. The Morgan fingerprint density at radius 3 is 2.67 bits per heavy atom. The molecule has 2 aromatic rings. The molecule has 0 heterocycles. The minimum Gasteiger partial charge on any atom is -0.381 e. The Balaban J connectivity index is 2.11. The summed E-state index contributed by atoms with van der Waals surface area (Å²) in [6, 6.07) is 11.3. The van der Waals surface area contributed by atoms with E-state index in [1.54, 1.807) is 12.1 Å². The highest BCUT2D eigenvalue weighted by Crippen LogP contribution is 2.20. The summed E-state index contributed by atoms with van der Waals surface area (Å²) in [5.41, 5.74) is 4.51. The van der Waals surface area contributed by atoms with Gasteiger partial charge in [0.05, 0.1) is 4.47 Å². The number of hydrogen-bond donors (Lipinski definition) is 1. The fourth-order valence-electron chi connectivity index (χ4n) is 1.79. The van der Waals surface area contributed by atoms with Crippen molar-refractivity contribution in [3.63, 3.8) is 0 Å². The third-order valence-electron chi connectivity index (χ3n) is 3.07. The van der Waals surface area contributed by atoms with Crippen molar-refractivity contribution in [2.75, 3.05) is 5.32 Å². The molecule has 0 aromatic heterocycles. The number of hydrogen-bond acceptors (Lipinski definition) is 1. The minimum atomic E-state index is -0.227. The highest BCUT2D eigenvalue weighted by molar-refractivity contribution is 9.10. The number of benzene rings is 2. The van der Waals surface area contributed by atoms with Gasteiger partial charge in [0.2, 0.25) is 0 Å². The van der Waals surface area contributed by atoms with Crippen molar-refractivity contribution in [2.45, 2.75) is 20.4 Å². The quantitative estimate of drug-likeness (QED) is 0.857. The lowest BCUT2D eigenvalue weighted by Gasteiger charge is -2.11. The maximum atomic E-state index is 13.4. The van der Waals surface area contributed by atoms with E-state index in [4.69, 9.17) is 0 Å². The van der Waals surface area contributed by atoms with Crippen LogP contribution in [-0.4, -0.2) is 0 Å². The Hall–Kier alpha value is -1.35. The molecule has 0 saturated heterocycles. The first-order valence-electron chi connectivity index (χ1n) is 5.82. The van der Waals surface area contributed by atoms with E-state index in [9.17, 15) is 4.39 Å². The van der Waals surface area contributed by atoms with Gasteiger partial charge in [-0.1, -0.05) is 18.2 Å². The number of anilines is 1. The van der Waals surface area contributed by atoms with Gasteiger partial charge in [-0.05, 0) is 64.7 Å². The van der Waals surface area contributed by atoms with Crippen molar-refractivity contribution in [2.24, 2.45) is 0 Å². The molecule has 0 aliphatic carbocycles. The second-order valence-electron chi connectivity index (χ2n) is 4.35. The van der Waals surface area contributed by atoms with Crippen molar-refractivity contribution < 1.29 is 4.39 Å². The molecular formula is C15H15BrFN. The van der Waals surface area contributed by atoms with Gasteiger partial charge in [-0.2, -0.15) is 0 Å². The van der Waals surface area contributed by atoms with Crippen molar-refractivity contribution in [3.8, 4) is 0 Å². The van der Waals surface area contributed by atoms with Gasteiger partial charge in [0.1, 0.15) is 5.82 Å². The van der Waals surface area contributed by atoms with Crippen LogP contribution < -0.4 is 5.32 Å². The Morgan fingerprint density at radius 2 is 1.94 bits per heavy atom. The summed E-state index contributed by atoms with van der Waals surface area (Å²) in [5, 5.41) is 3.33. The van der Waals surface area contributed by atoms with Crippen LogP contribution in [0.15, 0.2) is 40.9 Å². The predicted molar refractivity (Wildman–Crippen MR) is 77.3 cm³/mol. The molecule has 0 saturated carbocycles. The van der Waals surface area contributed by atoms with Crippen molar-refractivity contribution in [1.29, 1.82) is 0 Å². The molecule has 0 radical (unpaired) electrons. The second kappa shape index (κ2) is 5.53. The lowest BCUT2D eigenvalue weighted by atomic mass is 10.1. The summed E-state index contributed by atoms with van der Waals surface area (Å²) in [7, 11) is 0. The average Bonchev–Trinajstić information content (AvgIpc) is 2.35. The van der Waals surface area contributed by atoms with E-state index < -0.39 is 0 Å². The molecule has 3 heteroatoms. The van der Waals surface area contributed by atoms with Gasteiger partial charge in [-0.25, -0.2) is 4.39 Å². The standard InChI is InChI=1S/C15H15BrFN/c1-10-4-3-5-15(11(10)2)18-9-12-6-7-13(16)14(17)8-12/h3-8,18H,9H2,1-2H3. The van der Waals surface area contributed by atoms with Crippen molar-refractivity contribution >= 4 is 21.6 Å². The summed E-state index contributed by atoms with van der Waals surface area (Å²) < 4.78 is 13.9. The maximum absolute atomic E-state index is 13.4. The first-order valence-corrected chi connectivity index (χ1v) is 6.61. The van der Waals surface area contributed by atoms with E-state index in [2.05, 4.69) is 41.2 Å². The van der Waals surface area contributed by atoms with Crippen LogP contribution in [0.25, 0.3) is 0 Å². The highest BCUT2D eigenvalue weighted by Gasteiger charge is 2.03. The summed E-state index contributed by atoms with van der Waals surface area (Å²) in [6.07, 6.45) is 0. The van der Waals surface area contributed by atoms with Crippen LogP contribution in [0, 0.1) is 19.7 Å². The summed E-state index contributed by atoms with van der Waals surface area (Å²) in [6.45, 7) is 4.79. The molecule has 0 aliphatic heterocycles. The third kappa shape index (κ3) is 2.91. The van der Waals surface area contributed by atoms with Gasteiger partial charge in [-0.15, -0.1) is 0 Å². The van der Waals surface area contributed by atoms with Crippen LogP contribution in [0.2, 0.25) is 0 Å². The normalized spacial score (nSPS) is 10.4. The summed E-state index contributed by atoms with van der Waals surface area (Å²) in [4.78, 5) is 0. The molecule has 0 aliphatic rings. The maximum Gasteiger partial charge on any atom is 0.137 e. The number of rotatable bonds is 3. The Kier molecular flexibility index (Phi) is 4.02. The highest BCUT2D eigenvalue weighted by atomic mass is 79.9. The summed E-state index contributed by atoms with van der Waals surface area (Å²) in [5.74, 6) is -0.227. The predicted octanol–water partition coefficient (Wildman–Crippen LogP) is 4.82. The average molecular weight is 308 g/mol. The fourth-order valence-corrected chi connectivity index (χ4v) is 2.04. The van der Waals surface area contributed by atoms with E-state index in [1.165, 1.54) is 11.1 Å². The van der Waals surface area contributed by atoms with Crippen molar-refractivity contribution in [1.82, 2.24) is 0 Å². The van der Waals surface area contributed by atoms with Gasteiger partial charge in [0.25, 0.3) is 0 Å². The SMILES string of the molecule is Cc1cccc(NCc2ccc(Br)c(F)c2)c1C. The van der Waals surface area contributed by atoms with E-state index in [0.717, 1.165) is 11.3 Å². The second-order valence-corrected chi connectivity index (χ2v) is 5.20. The van der Waals surface area contributed by atoms with Crippen LogP contribution in [0.3, 0.4) is 0 Å². The molecule has 0 amide bonds. The monoisotopic (exact) mass is 307 g/mol. The van der Waals surface area contributed by atoms with Crippen molar-refractivity contribution in [3.05, 3.63) is 63.4 Å². The van der Waals surface area contributed by atoms with Gasteiger partial charge in [-0.3, -0.25) is 0 Å². The van der Waals surface area contributed by atoms with Gasteiger partial charge >= 0.3 is 0 Å². The zero-order valence-electron chi connectivity index (χ0n) is 10.4. The molecule has 94 valence electrons. The molecule has 0 atom stereocenters. The van der Waals surface area contributed by atoms with Gasteiger partial charge < -0.3 is 5.32 Å². The minimum absolute atomic E-state index is 0.227. The van der Waals surface area contributed by atoms with Crippen LogP contribution in [0.5, 0.6) is 0 Å². The van der Waals surface area contributed by atoms with Crippen LogP contribution in [-0.2, 0) is 6.54 Å². The molecular weight excluding hydrogens is 293 g/mol. The zero-order valence-corrected chi connectivity index (χ0v) is 12.0. The van der Waals surface area contributed by atoms with Gasteiger partial charge in [0, 0.05) is 12.2 Å². The fraction of sp³-hybridized carbons (Fsp3) is 0.200.